The van der Waals surface area contributed by atoms with Gasteiger partial charge >= 0.3 is 0 Å². The van der Waals surface area contributed by atoms with Crippen molar-refractivity contribution in [3.63, 3.8) is 0 Å². The maximum Gasteiger partial charge on any atom is 0.270 e. The summed E-state index contributed by atoms with van der Waals surface area (Å²) in [6, 6.07) is 5.70. The first-order chi connectivity index (χ1) is 7.61. The molecule has 0 spiro atoms. The van der Waals surface area contributed by atoms with Crippen LogP contribution in [0.5, 0.6) is 5.75 Å². The summed E-state index contributed by atoms with van der Waals surface area (Å²) in [6.07, 6.45) is 0. The van der Waals surface area contributed by atoms with E-state index >= 15 is 0 Å². The Morgan fingerprint density at radius 1 is 1.56 bits per heavy atom. The van der Waals surface area contributed by atoms with Gasteiger partial charge in [-0.15, -0.1) is 0 Å². The van der Waals surface area contributed by atoms with Crippen LogP contribution in [-0.4, -0.2) is 22.5 Å². The highest BCUT2D eigenvalue weighted by atomic mass is 127. The number of carbonyl (C=O) groups is 1. The van der Waals surface area contributed by atoms with Gasteiger partial charge in [-0.1, -0.05) is 28.7 Å². The van der Waals surface area contributed by atoms with Crippen LogP contribution in [0.2, 0.25) is 0 Å². The Morgan fingerprint density at radius 3 is 2.94 bits per heavy atom. The van der Waals surface area contributed by atoms with E-state index < -0.39 is 5.60 Å². The highest BCUT2D eigenvalue weighted by molar-refractivity contribution is 14.1. The summed E-state index contributed by atoms with van der Waals surface area (Å²) in [5.74, 6) is 0.523. The van der Waals surface area contributed by atoms with Crippen molar-refractivity contribution in [3.8, 4) is 5.75 Å². The molecule has 1 unspecified atom stereocenters. The number of alkyl halides is 1. The number of hydrogen-bond acceptors (Lipinski definition) is 3. The minimum Gasteiger partial charge on any atom is -0.473 e. The fourth-order valence-electron chi connectivity index (χ4n) is 1.60. The number of nitrogens with one attached hydrogen (secondary N) is 1. The Balaban J connectivity index is 2.42. The molecule has 0 bridgehead atoms. The van der Waals surface area contributed by atoms with E-state index in [9.17, 15) is 4.79 Å². The first kappa shape index (κ1) is 11.7. The smallest absolute Gasteiger partial charge is 0.270 e. The summed E-state index contributed by atoms with van der Waals surface area (Å²) in [5.41, 5.74) is 6.51. The van der Waals surface area contributed by atoms with Gasteiger partial charge in [0.2, 0.25) is 5.60 Å². The predicted octanol–water partition coefficient (Wildman–Crippen LogP) is 1.46. The number of benzene rings is 1. The van der Waals surface area contributed by atoms with Gasteiger partial charge in [0.15, 0.2) is 0 Å². The number of fused-ring (bicyclic) bond motifs is 1. The number of amides is 1. The Bertz CT molecular complexity index is 430. The zero-order chi connectivity index (χ0) is 11.8. The van der Waals surface area contributed by atoms with Crippen LogP contribution >= 0.6 is 22.6 Å². The molecule has 5 heteroatoms. The molecule has 0 aromatic heterocycles. The van der Waals surface area contributed by atoms with E-state index in [1.54, 1.807) is 0 Å². The molecule has 0 saturated carbocycles. The summed E-state index contributed by atoms with van der Waals surface area (Å²) < 4.78 is 6.27. The zero-order valence-electron chi connectivity index (χ0n) is 8.92. The van der Waals surface area contributed by atoms with E-state index in [0.717, 1.165) is 11.3 Å². The maximum absolute atomic E-state index is 11.9. The van der Waals surface area contributed by atoms with Crippen molar-refractivity contribution in [3.05, 3.63) is 23.8 Å². The third-order valence-electron chi connectivity index (χ3n) is 2.65. The molecule has 1 heterocycles. The lowest BCUT2D eigenvalue weighted by atomic mass is 10.0. The van der Waals surface area contributed by atoms with Crippen LogP contribution in [0.15, 0.2) is 18.2 Å². The van der Waals surface area contributed by atoms with Gasteiger partial charge in [-0.3, -0.25) is 4.79 Å². The first-order valence-electron chi connectivity index (χ1n) is 4.98. The lowest BCUT2D eigenvalue weighted by Gasteiger charge is -2.35. The normalized spacial score (nSPS) is 23.3. The van der Waals surface area contributed by atoms with Gasteiger partial charge in [-0.05, 0) is 24.6 Å². The Hall–Kier alpha value is -0.820. The molecule has 16 heavy (non-hydrogen) atoms. The molecule has 0 radical (unpaired) electrons. The van der Waals surface area contributed by atoms with Gasteiger partial charge in [0.1, 0.15) is 5.75 Å². The minimum absolute atomic E-state index is 0.164. The molecule has 1 atom stereocenters. The van der Waals surface area contributed by atoms with E-state index in [1.165, 1.54) is 0 Å². The van der Waals surface area contributed by atoms with Crippen LogP contribution in [0.25, 0.3) is 0 Å². The third kappa shape index (κ3) is 1.78. The van der Waals surface area contributed by atoms with Crippen molar-refractivity contribution in [2.45, 2.75) is 12.5 Å². The van der Waals surface area contributed by atoms with E-state index in [-0.39, 0.29) is 12.5 Å². The summed E-state index contributed by atoms with van der Waals surface area (Å²) in [7, 11) is 0. The number of ether oxygens (including phenoxy) is 1. The Labute approximate surface area is 108 Å². The SMILES string of the molecule is Cc1ccc2c(c1)NC(=O)C(CN)(CI)O2. The number of hydrogen-bond donors (Lipinski definition) is 2. The third-order valence-corrected chi connectivity index (χ3v) is 3.88. The van der Waals surface area contributed by atoms with Gasteiger partial charge < -0.3 is 15.8 Å². The molecule has 1 aliphatic rings. The lowest BCUT2D eigenvalue weighted by molar-refractivity contribution is -0.129. The average molecular weight is 332 g/mol. The van der Waals surface area contributed by atoms with Crippen LogP contribution in [0.3, 0.4) is 0 Å². The quantitative estimate of drug-likeness (QED) is 0.637. The van der Waals surface area contributed by atoms with Crippen molar-refractivity contribution < 1.29 is 9.53 Å². The molecule has 2 rings (SSSR count). The highest BCUT2D eigenvalue weighted by Crippen LogP contribution is 2.34. The van der Waals surface area contributed by atoms with Gasteiger partial charge in [0.25, 0.3) is 5.91 Å². The van der Waals surface area contributed by atoms with Crippen LogP contribution in [-0.2, 0) is 4.79 Å². The Kier molecular flexibility index (Phi) is 3.07. The number of rotatable bonds is 2. The van der Waals surface area contributed by atoms with Gasteiger partial charge in [0.05, 0.1) is 10.1 Å². The fraction of sp³-hybridized carbons (Fsp3) is 0.364. The second-order valence-corrected chi connectivity index (χ2v) is 4.65. The molecule has 1 aromatic carbocycles. The molecule has 86 valence electrons. The molecular weight excluding hydrogens is 319 g/mol. The lowest BCUT2D eigenvalue weighted by Crippen LogP contribution is -2.57. The molecule has 1 aromatic rings. The minimum atomic E-state index is -0.928. The number of anilines is 1. The molecule has 0 aliphatic carbocycles. The molecule has 4 nitrogen and oxygen atoms in total. The van der Waals surface area contributed by atoms with Crippen molar-refractivity contribution in [1.29, 1.82) is 0 Å². The van der Waals surface area contributed by atoms with Gasteiger partial charge in [-0.25, -0.2) is 0 Å². The summed E-state index contributed by atoms with van der Waals surface area (Å²) in [4.78, 5) is 11.9. The van der Waals surface area contributed by atoms with E-state index in [4.69, 9.17) is 10.5 Å². The molecule has 1 aliphatic heterocycles. The summed E-state index contributed by atoms with van der Waals surface area (Å²) in [5, 5.41) is 2.84. The maximum atomic E-state index is 11.9. The fourth-order valence-corrected chi connectivity index (χ4v) is 2.41. The van der Waals surface area contributed by atoms with Crippen LogP contribution < -0.4 is 15.8 Å². The molecule has 1 amide bonds. The van der Waals surface area contributed by atoms with Crippen LogP contribution in [0.1, 0.15) is 5.56 Å². The molecule has 0 fully saturated rings. The van der Waals surface area contributed by atoms with Crippen LogP contribution in [0.4, 0.5) is 5.69 Å². The molecular formula is C11H13IN2O2. The van der Waals surface area contributed by atoms with Crippen LogP contribution in [0, 0.1) is 6.92 Å². The summed E-state index contributed by atoms with van der Waals surface area (Å²) >= 11 is 2.11. The van der Waals surface area contributed by atoms with E-state index in [1.807, 2.05) is 25.1 Å². The predicted molar refractivity (Wildman–Crippen MR) is 71.1 cm³/mol. The number of halogens is 1. The first-order valence-corrected chi connectivity index (χ1v) is 6.51. The van der Waals surface area contributed by atoms with E-state index in [0.29, 0.717) is 10.2 Å². The zero-order valence-corrected chi connectivity index (χ0v) is 11.1. The number of carbonyl (C=O) groups excluding carboxylic acids is 1. The second-order valence-electron chi connectivity index (χ2n) is 3.89. The standard InChI is InChI=1S/C11H13IN2O2/c1-7-2-3-9-8(4-7)14-10(15)11(5-12,6-13)16-9/h2-4H,5-6,13H2,1H3,(H,14,15). The molecule has 3 N–H and O–H groups in total. The Morgan fingerprint density at radius 2 is 2.31 bits per heavy atom. The average Bonchev–Trinajstić information content (AvgIpc) is 2.28. The summed E-state index contributed by atoms with van der Waals surface area (Å²) in [6.45, 7) is 2.14. The van der Waals surface area contributed by atoms with Crippen molar-refractivity contribution in [2.24, 2.45) is 5.73 Å². The second kappa shape index (κ2) is 4.21. The number of nitrogens with two attached hydrogens (primary N) is 1. The monoisotopic (exact) mass is 332 g/mol. The number of aryl methyl sites for hydroxylation is 1. The largest absolute Gasteiger partial charge is 0.473 e. The van der Waals surface area contributed by atoms with Gasteiger partial charge in [0, 0.05) is 6.54 Å². The van der Waals surface area contributed by atoms with Gasteiger partial charge in [-0.2, -0.15) is 0 Å². The van der Waals surface area contributed by atoms with E-state index in [2.05, 4.69) is 27.9 Å². The highest BCUT2D eigenvalue weighted by Gasteiger charge is 2.42. The topological polar surface area (TPSA) is 64.4 Å². The van der Waals surface area contributed by atoms with Crippen molar-refractivity contribution >= 4 is 34.2 Å². The van der Waals surface area contributed by atoms with Crippen molar-refractivity contribution in [2.75, 3.05) is 16.3 Å². The molecule has 0 saturated heterocycles. The van der Waals surface area contributed by atoms with Crippen molar-refractivity contribution in [1.82, 2.24) is 0 Å².